The Balaban J connectivity index is 1.52. The number of halogens is 3. The van der Waals surface area contributed by atoms with E-state index < -0.39 is 11.7 Å². The summed E-state index contributed by atoms with van der Waals surface area (Å²) < 4.78 is 49.1. The topological polar surface area (TPSA) is 47.6 Å². The van der Waals surface area contributed by atoms with Crippen LogP contribution in [0.5, 0.6) is 11.5 Å². The van der Waals surface area contributed by atoms with Gasteiger partial charge < -0.3 is 14.8 Å². The molecule has 0 aromatic heterocycles. The quantitative estimate of drug-likeness (QED) is 0.558. The lowest BCUT2D eigenvalue weighted by atomic mass is 10.1. The van der Waals surface area contributed by atoms with Gasteiger partial charge in [0.15, 0.2) is 11.5 Å². The maximum absolute atomic E-state index is 12.7. The molecule has 0 spiro atoms. The second-order valence-corrected chi connectivity index (χ2v) is 7.47. The SMILES string of the molecule is CCCCOc1ccc(CNC(=O)C2CC2c2ccc(C(F)(F)F)cc2)cc1OC. The lowest BCUT2D eigenvalue weighted by Gasteiger charge is -2.12. The Morgan fingerprint density at radius 1 is 1.13 bits per heavy atom. The number of ether oxygens (including phenoxy) is 2. The fourth-order valence-corrected chi connectivity index (χ4v) is 3.36. The molecule has 1 fully saturated rings. The van der Waals surface area contributed by atoms with Crippen LogP contribution in [0.4, 0.5) is 13.2 Å². The van der Waals surface area contributed by atoms with Gasteiger partial charge in [0.25, 0.3) is 0 Å². The molecule has 1 aliphatic carbocycles. The molecule has 2 aromatic carbocycles. The number of carbonyl (C=O) groups is 1. The van der Waals surface area contributed by atoms with Crippen LogP contribution in [0, 0.1) is 5.92 Å². The monoisotopic (exact) mass is 421 g/mol. The van der Waals surface area contributed by atoms with E-state index in [4.69, 9.17) is 9.47 Å². The van der Waals surface area contributed by atoms with Crippen LogP contribution in [0.2, 0.25) is 0 Å². The summed E-state index contributed by atoms with van der Waals surface area (Å²) in [4.78, 5) is 12.4. The third kappa shape index (κ3) is 5.46. The molecule has 1 amide bonds. The Morgan fingerprint density at radius 3 is 2.50 bits per heavy atom. The van der Waals surface area contributed by atoms with Gasteiger partial charge in [-0.2, -0.15) is 13.2 Å². The van der Waals surface area contributed by atoms with E-state index in [-0.39, 0.29) is 17.7 Å². The van der Waals surface area contributed by atoms with Gasteiger partial charge >= 0.3 is 6.18 Å². The zero-order chi connectivity index (χ0) is 21.7. The molecule has 0 bridgehead atoms. The number of hydrogen-bond donors (Lipinski definition) is 1. The first-order valence-corrected chi connectivity index (χ1v) is 10.1. The Kier molecular flexibility index (Phi) is 6.90. The van der Waals surface area contributed by atoms with Crippen molar-refractivity contribution in [2.45, 2.75) is 44.8 Å². The average Bonchev–Trinajstić information content (AvgIpc) is 3.53. The highest BCUT2D eigenvalue weighted by molar-refractivity contribution is 5.82. The van der Waals surface area contributed by atoms with Crippen molar-refractivity contribution < 1.29 is 27.4 Å². The third-order valence-corrected chi connectivity index (χ3v) is 5.24. The molecular formula is C23H26F3NO3. The molecule has 2 aromatic rings. The highest BCUT2D eigenvalue weighted by Crippen LogP contribution is 2.48. The second-order valence-electron chi connectivity index (χ2n) is 7.47. The summed E-state index contributed by atoms with van der Waals surface area (Å²) in [6.45, 7) is 3.06. The first kappa shape index (κ1) is 22.0. The lowest BCUT2D eigenvalue weighted by Crippen LogP contribution is -2.24. The van der Waals surface area contributed by atoms with Crippen LogP contribution in [0.1, 0.15) is 48.8 Å². The van der Waals surface area contributed by atoms with Gasteiger partial charge in [0.2, 0.25) is 5.91 Å². The number of nitrogens with one attached hydrogen (secondary N) is 1. The molecule has 7 heteroatoms. The zero-order valence-corrected chi connectivity index (χ0v) is 17.1. The largest absolute Gasteiger partial charge is 0.493 e. The molecule has 0 aliphatic heterocycles. The van der Waals surface area contributed by atoms with Gasteiger partial charge in [-0.25, -0.2) is 0 Å². The molecule has 162 valence electrons. The molecule has 0 saturated heterocycles. The summed E-state index contributed by atoms with van der Waals surface area (Å²) in [6.07, 6.45) is -1.70. The van der Waals surface area contributed by atoms with Crippen molar-refractivity contribution in [3.8, 4) is 11.5 Å². The van der Waals surface area contributed by atoms with E-state index >= 15 is 0 Å². The number of hydrogen-bond acceptors (Lipinski definition) is 3. The van der Waals surface area contributed by atoms with Crippen LogP contribution in [0.15, 0.2) is 42.5 Å². The van der Waals surface area contributed by atoms with Gasteiger partial charge in [-0.05, 0) is 54.2 Å². The Hall–Kier alpha value is -2.70. The maximum atomic E-state index is 12.7. The average molecular weight is 421 g/mol. The number of alkyl halides is 3. The van der Waals surface area contributed by atoms with Gasteiger partial charge in [-0.15, -0.1) is 0 Å². The van der Waals surface area contributed by atoms with Crippen LogP contribution >= 0.6 is 0 Å². The molecule has 1 aliphatic rings. The van der Waals surface area contributed by atoms with Crippen LogP contribution in [0.25, 0.3) is 0 Å². The normalized spacial score (nSPS) is 18.0. The summed E-state index contributed by atoms with van der Waals surface area (Å²) in [7, 11) is 1.57. The van der Waals surface area contributed by atoms with Gasteiger partial charge in [0.1, 0.15) is 0 Å². The molecule has 30 heavy (non-hydrogen) atoms. The van der Waals surface area contributed by atoms with E-state index in [1.54, 1.807) is 7.11 Å². The number of rotatable bonds is 9. The molecule has 4 nitrogen and oxygen atoms in total. The lowest BCUT2D eigenvalue weighted by molar-refractivity contribution is -0.137. The van der Waals surface area contributed by atoms with Crippen molar-refractivity contribution in [3.63, 3.8) is 0 Å². The summed E-state index contributed by atoms with van der Waals surface area (Å²) in [6, 6.07) is 10.6. The van der Waals surface area contributed by atoms with Crippen molar-refractivity contribution in [2.24, 2.45) is 5.92 Å². The first-order valence-electron chi connectivity index (χ1n) is 10.1. The number of unbranched alkanes of at least 4 members (excludes halogenated alkanes) is 1. The highest BCUT2D eigenvalue weighted by atomic mass is 19.4. The van der Waals surface area contributed by atoms with Crippen molar-refractivity contribution in [3.05, 3.63) is 59.2 Å². The van der Waals surface area contributed by atoms with Gasteiger partial charge in [0, 0.05) is 12.5 Å². The van der Waals surface area contributed by atoms with E-state index in [0.29, 0.717) is 31.1 Å². The zero-order valence-electron chi connectivity index (χ0n) is 17.1. The van der Waals surface area contributed by atoms with E-state index in [1.807, 2.05) is 18.2 Å². The summed E-state index contributed by atoms with van der Waals surface area (Å²) in [5.41, 5.74) is 0.970. The Bertz CT molecular complexity index is 865. The number of amides is 1. The predicted octanol–water partition coefficient (Wildman–Crippen LogP) is 5.31. The van der Waals surface area contributed by atoms with Crippen LogP contribution in [-0.4, -0.2) is 19.6 Å². The fraction of sp³-hybridized carbons (Fsp3) is 0.435. The van der Waals surface area contributed by atoms with Crippen molar-refractivity contribution >= 4 is 5.91 Å². The molecule has 1 saturated carbocycles. The fourth-order valence-electron chi connectivity index (χ4n) is 3.36. The van der Waals surface area contributed by atoms with Crippen molar-refractivity contribution in [1.82, 2.24) is 5.32 Å². The first-order chi connectivity index (χ1) is 14.3. The molecule has 0 heterocycles. The molecule has 2 atom stereocenters. The minimum atomic E-state index is -4.35. The van der Waals surface area contributed by atoms with Crippen molar-refractivity contribution in [2.75, 3.05) is 13.7 Å². The minimum absolute atomic E-state index is 0.0313. The van der Waals surface area contributed by atoms with Gasteiger partial charge in [0.05, 0.1) is 19.3 Å². The van der Waals surface area contributed by atoms with Crippen LogP contribution in [-0.2, 0) is 17.5 Å². The van der Waals surface area contributed by atoms with E-state index in [0.717, 1.165) is 36.1 Å². The van der Waals surface area contributed by atoms with Crippen LogP contribution < -0.4 is 14.8 Å². The molecule has 1 N–H and O–H groups in total. The predicted molar refractivity (Wildman–Crippen MR) is 108 cm³/mol. The van der Waals surface area contributed by atoms with E-state index in [1.165, 1.54) is 12.1 Å². The standard InChI is InChI=1S/C23H26F3NO3/c1-3-4-11-30-20-10-5-15(12-21(20)29-2)14-27-22(28)19-13-18(19)16-6-8-17(9-7-16)23(24,25)26/h5-10,12,18-19H,3-4,11,13-14H2,1-2H3,(H,27,28). The molecule has 3 rings (SSSR count). The van der Waals surface area contributed by atoms with E-state index in [9.17, 15) is 18.0 Å². The van der Waals surface area contributed by atoms with Gasteiger partial charge in [-0.3, -0.25) is 4.79 Å². The smallest absolute Gasteiger partial charge is 0.416 e. The summed E-state index contributed by atoms with van der Waals surface area (Å²) in [5.74, 6) is 0.955. The second kappa shape index (κ2) is 9.41. The Labute approximate surface area is 174 Å². The highest BCUT2D eigenvalue weighted by Gasteiger charge is 2.44. The van der Waals surface area contributed by atoms with E-state index in [2.05, 4.69) is 12.2 Å². The number of carbonyl (C=O) groups excluding carboxylic acids is 1. The van der Waals surface area contributed by atoms with Crippen LogP contribution in [0.3, 0.4) is 0 Å². The number of methoxy groups -OCH3 is 1. The van der Waals surface area contributed by atoms with Crippen molar-refractivity contribution in [1.29, 1.82) is 0 Å². The molecular weight excluding hydrogens is 395 g/mol. The number of benzene rings is 2. The Morgan fingerprint density at radius 2 is 1.87 bits per heavy atom. The van der Waals surface area contributed by atoms with Gasteiger partial charge in [-0.1, -0.05) is 31.5 Å². The maximum Gasteiger partial charge on any atom is 0.416 e. The summed E-state index contributed by atoms with van der Waals surface area (Å²) in [5, 5.41) is 2.90. The molecule has 0 radical (unpaired) electrons. The minimum Gasteiger partial charge on any atom is -0.493 e. The summed E-state index contributed by atoms with van der Waals surface area (Å²) >= 11 is 0. The molecule has 2 unspecified atom stereocenters. The third-order valence-electron chi connectivity index (χ3n) is 5.24.